The summed E-state index contributed by atoms with van der Waals surface area (Å²) in [5, 5.41) is 10.1. The normalized spacial score (nSPS) is 6.86. The van der Waals surface area contributed by atoms with Crippen molar-refractivity contribution in [1.29, 1.82) is 0 Å². The molecule has 2 radical (unpaired) electrons. The molecule has 0 unspecified atom stereocenters. The molecule has 4 heteroatoms. The molecule has 0 spiro atoms. The van der Waals surface area contributed by atoms with Crippen LogP contribution in [0, 0.1) is 0 Å². The van der Waals surface area contributed by atoms with Gasteiger partial charge in [0.15, 0.2) is 0 Å². The van der Waals surface area contributed by atoms with E-state index in [9.17, 15) is 0 Å². The van der Waals surface area contributed by atoms with Gasteiger partial charge in [-0.1, -0.05) is 0 Å². The largest absolute Gasteiger partial charge is 0.139 e. The molecule has 0 aliphatic carbocycles. The molecule has 0 bridgehead atoms. The Morgan fingerprint density at radius 2 is 1.57 bits per heavy atom. The van der Waals surface area contributed by atoms with Crippen molar-refractivity contribution in [2.45, 2.75) is 0 Å². The van der Waals surface area contributed by atoms with E-state index in [1.165, 1.54) is 0 Å². The van der Waals surface area contributed by atoms with Gasteiger partial charge in [-0.25, -0.2) is 0 Å². The van der Waals surface area contributed by atoms with E-state index in [1.807, 2.05) is 0 Å². The summed E-state index contributed by atoms with van der Waals surface area (Å²) in [7, 11) is 0. The van der Waals surface area contributed by atoms with Crippen LogP contribution in [-0.2, 0) is 0 Å². The third-order valence-electron chi connectivity index (χ3n) is 0.409. The first kappa shape index (κ1) is 6.53. The SMILES string of the molecule is [Se].c1cnnnc1. The predicted molar refractivity (Wildman–Crippen MR) is 25.6 cm³/mol. The fraction of sp³-hybridized carbons (Fsp3) is 0. The molecule has 0 atom stereocenters. The van der Waals surface area contributed by atoms with Gasteiger partial charge in [0, 0.05) is 17.1 Å². The molecule has 1 aromatic rings. The van der Waals surface area contributed by atoms with Crippen molar-refractivity contribution in [2.75, 3.05) is 0 Å². The number of aromatic nitrogens is 3. The Bertz CT molecular complexity index is 82.1. The first-order valence-corrected chi connectivity index (χ1v) is 1.58. The summed E-state index contributed by atoms with van der Waals surface area (Å²) in [6.45, 7) is 0. The summed E-state index contributed by atoms with van der Waals surface area (Å²) >= 11 is 0. The average molecular weight is 160 g/mol. The molecule has 0 aliphatic rings. The zero-order valence-electron chi connectivity index (χ0n) is 3.48. The molecule has 1 aromatic heterocycles. The smallest absolute Gasteiger partial charge is 0.0529 e. The van der Waals surface area contributed by atoms with Crippen molar-refractivity contribution in [3.05, 3.63) is 18.5 Å². The van der Waals surface area contributed by atoms with Crippen molar-refractivity contribution in [1.82, 2.24) is 15.4 Å². The van der Waals surface area contributed by atoms with E-state index in [0.717, 1.165) is 0 Å². The van der Waals surface area contributed by atoms with Gasteiger partial charge in [0.05, 0.1) is 12.4 Å². The third kappa shape index (κ3) is 2.25. The molecule has 0 N–H and O–H groups in total. The van der Waals surface area contributed by atoms with Crippen LogP contribution in [0.4, 0.5) is 0 Å². The van der Waals surface area contributed by atoms with Crippen LogP contribution in [-0.4, -0.2) is 32.5 Å². The summed E-state index contributed by atoms with van der Waals surface area (Å²) < 4.78 is 0. The Kier molecular flexibility index (Phi) is 3.46. The van der Waals surface area contributed by atoms with Crippen LogP contribution in [0.5, 0.6) is 0 Å². The Labute approximate surface area is 51.6 Å². The molecule has 0 fully saturated rings. The molecule has 3 nitrogen and oxygen atoms in total. The minimum absolute atomic E-state index is 0. The molecule has 1 rings (SSSR count). The maximum absolute atomic E-state index is 3.42. The van der Waals surface area contributed by atoms with Crippen molar-refractivity contribution in [2.24, 2.45) is 0 Å². The number of hydrogen-bond acceptors (Lipinski definition) is 3. The van der Waals surface area contributed by atoms with Crippen LogP contribution < -0.4 is 0 Å². The maximum atomic E-state index is 3.42. The second kappa shape index (κ2) is 3.71. The standard InChI is InChI=1S/C3H3N3.Se/c1-2-4-6-5-3-1;/h1-3H;. The quantitative estimate of drug-likeness (QED) is 0.480. The number of nitrogens with zero attached hydrogens (tertiary/aromatic N) is 3. The van der Waals surface area contributed by atoms with Crippen LogP contribution in [0.25, 0.3) is 0 Å². The molecular weight excluding hydrogens is 157 g/mol. The van der Waals surface area contributed by atoms with Gasteiger partial charge in [-0.05, 0) is 11.3 Å². The second-order valence-corrected chi connectivity index (χ2v) is 0.811. The van der Waals surface area contributed by atoms with Gasteiger partial charge in [0.2, 0.25) is 0 Å². The van der Waals surface area contributed by atoms with Crippen molar-refractivity contribution in [3.63, 3.8) is 0 Å². The molecule has 0 saturated carbocycles. The zero-order valence-corrected chi connectivity index (χ0v) is 5.20. The average Bonchev–Trinajstić information content (AvgIpc) is 1.72. The van der Waals surface area contributed by atoms with Gasteiger partial charge < -0.3 is 0 Å². The third-order valence-corrected chi connectivity index (χ3v) is 0.409. The summed E-state index contributed by atoms with van der Waals surface area (Å²) in [5.74, 6) is 0. The molecule has 1 heterocycles. The van der Waals surface area contributed by atoms with E-state index >= 15 is 0 Å². The van der Waals surface area contributed by atoms with E-state index in [2.05, 4.69) is 15.4 Å². The van der Waals surface area contributed by atoms with Gasteiger partial charge in [0.25, 0.3) is 0 Å². The van der Waals surface area contributed by atoms with Crippen molar-refractivity contribution in [3.8, 4) is 0 Å². The number of hydrogen-bond donors (Lipinski definition) is 0. The fourth-order valence-electron chi connectivity index (χ4n) is 0.205. The molecule has 0 amide bonds. The van der Waals surface area contributed by atoms with Crippen molar-refractivity contribution < 1.29 is 0 Å². The first-order valence-electron chi connectivity index (χ1n) is 1.58. The maximum Gasteiger partial charge on any atom is 0.0529 e. The van der Waals surface area contributed by atoms with E-state index in [0.29, 0.717) is 0 Å². The van der Waals surface area contributed by atoms with Crippen molar-refractivity contribution >= 4 is 17.1 Å². The monoisotopic (exact) mass is 161 g/mol. The molecule has 7 heavy (non-hydrogen) atoms. The summed E-state index contributed by atoms with van der Waals surface area (Å²) in [6, 6.07) is 1.72. The Morgan fingerprint density at radius 1 is 1.00 bits per heavy atom. The Balaban J connectivity index is 0.000000360. The molecule has 0 saturated heterocycles. The van der Waals surface area contributed by atoms with Gasteiger partial charge in [-0.15, -0.1) is 10.2 Å². The van der Waals surface area contributed by atoms with Crippen LogP contribution in [0.3, 0.4) is 0 Å². The van der Waals surface area contributed by atoms with Gasteiger partial charge >= 0.3 is 0 Å². The van der Waals surface area contributed by atoms with Crippen LogP contribution in [0.2, 0.25) is 0 Å². The second-order valence-electron chi connectivity index (χ2n) is 0.811. The van der Waals surface area contributed by atoms with Gasteiger partial charge in [0.1, 0.15) is 0 Å². The topological polar surface area (TPSA) is 38.7 Å². The first-order chi connectivity index (χ1) is 3.00. The fourth-order valence-corrected chi connectivity index (χ4v) is 0.205. The minimum Gasteiger partial charge on any atom is -0.139 e. The summed E-state index contributed by atoms with van der Waals surface area (Å²) in [6.07, 6.45) is 3.15. The summed E-state index contributed by atoms with van der Waals surface area (Å²) in [5.41, 5.74) is 0. The minimum atomic E-state index is 0. The van der Waals surface area contributed by atoms with E-state index in [-0.39, 0.29) is 17.1 Å². The number of rotatable bonds is 0. The van der Waals surface area contributed by atoms with Gasteiger partial charge in [-0.3, -0.25) is 0 Å². The van der Waals surface area contributed by atoms with Crippen LogP contribution >= 0.6 is 0 Å². The van der Waals surface area contributed by atoms with E-state index in [1.54, 1.807) is 18.5 Å². The Morgan fingerprint density at radius 3 is 1.71 bits per heavy atom. The summed E-state index contributed by atoms with van der Waals surface area (Å²) in [4.78, 5) is 0. The van der Waals surface area contributed by atoms with Crippen LogP contribution in [0.1, 0.15) is 0 Å². The van der Waals surface area contributed by atoms with E-state index < -0.39 is 0 Å². The molecule has 0 aliphatic heterocycles. The predicted octanol–water partition coefficient (Wildman–Crippen LogP) is -0.509. The van der Waals surface area contributed by atoms with Gasteiger partial charge in [-0.2, -0.15) is 0 Å². The molecule has 36 valence electrons. The zero-order chi connectivity index (χ0) is 4.24. The Hall–Kier alpha value is -0.471. The van der Waals surface area contributed by atoms with Crippen LogP contribution in [0.15, 0.2) is 18.5 Å². The molecule has 0 aromatic carbocycles. The van der Waals surface area contributed by atoms with E-state index in [4.69, 9.17) is 0 Å². The molecular formula is C3H3N3Se.